The summed E-state index contributed by atoms with van der Waals surface area (Å²) in [4.78, 5) is 11.3. The zero-order valence-corrected chi connectivity index (χ0v) is 11.7. The third-order valence-corrected chi connectivity index (χ3v) is 3.32. The summed E-state index contributed by atoms with van der Waals surface area (Å²) in [6, 6.07) is 18.6. The van der Waals surface area contributed by atoms with E-state index in [2.05, 4.69) is 52.2 Å². The second-order valence-corrected chi connectivity index (χ2v) is 4.95. The lowest BCUT2D eigenvalue weighted by Gasteiger charge is -2.20. The van der Waals surface area contributed by atoms with Crippen molar-refractivity contribution in [2.75, 3.05) is 11.9 Å². The van der Waals surface area contributed by atoms with Crippen molar-refractivity contribution in [2.24, 2.45) is 0 Å². The minimum Gasteiger partial charge on any atom is -0.355 e. The Bertz CT molecular complexity index is 723. The summed E-state index contributed by atoms with van der Waals surface area (Å²) in [6.07, 6.45) is 0. The third-order valence-electron chi connectivity index (χ3n) is 3.32. The van der Waals surface area contributed by atoms with E-state index in [1.165, 1.54) is 5.56 Å². The number of nitrogens with zero attached hydrogens (tertiary/aromatic N) is 3. The number of para-hydroxylation sites is 1. The van der Waals surface area contributed by atoms with E-state index in [0.717, 1.165) is 29.1 Å². The molecule has 3 rings (SSSR count). The Morgan fingerprint density at radius 2 is 1.60 bits per heavy atom. The predicted octanol–water partition coefficient (Wildman–Crippen LogP) is 3.57. The highest BCUT2D eigenvalue weighted by atomic mass is 15.2. The normalized spacial score (nSPS) is 10.7. The number of hydrogen-bond donors (Lipinski definition) is 0. The Morgan fingerprint density at radius 1 is 0.900 bits per heavy atom. The maximum Gasteiger partial charge on any atom is 0.140 e. The zero-order chi connectivity index (χ0) is 13.9. The maximum absolute atomic E-state index is 4.61. The van der Waals surface area contributed by atoms with Gasteiger partial charge >= 0.3 is 0 Å². The van der Waals surface area contributed by atoms with Crippen molar-refractivity contribution >= 4 is 16.7 Å². The number of anilines is 1. The molecule has 3 heteroatoms. The average Bonchev–Trinajstić information content (AvgIpc) is 2.47. The molecule has 20 heavy (non-hydrogen) atoms. The summed E-state index contributed by atoms with van der Waals surface area (Å²) in [5, 5.41) is 1.09. The lowest BCUT2D eigenvalue weighted by Crippen LogP contribution is -2.18. The summed E-state index contributed by atoms with van der Waals surface area (Å²) >= 11 is 0. The van der Waals surface area contributed by atoms with E-state index in [9.17, 15) is 0 Å². The van der Waals surface area contributed by atoms with Gasteiger partial charge in [0.25, 0.3) is 0 Å². The van der Waals surface area contributed by atoms with Crippen LogP contribution in [0.4, 0.5) is 5.82 Å². The quantitative estimate of drug-likeness (QED) is 0.723. The summed E-state index contributed by atoms with van der Waals surface area (Å²) < 4.78 is 0. The van der Waals surface area contributed by atoms with Gasteiger partial charge in [-0.2, -0.15) is 0 Å². The number of fused-ring (bicyclic) bond motifs is 1. The Labute approximate surface area is 118 Å². The van der Waals surface area contributed by atoms with Gasteiger partial charge in [0.15, 0.2) is 0 Å². The van der Waals surface area contributed by atoms with Gasteiger partial charge in [0.05, 0.1) is 5.52 Å². The minimum absolute atomic E-state index is 0.804. The van der Waals surface area contributed by atoms with Crippen LogP contribution < -0.4 is 4.90 Å². The van der Waals surface area contributed by atoms with E-state index in [-0.39, 0.29) is 0 Å². The number of aromatic nitrogens is 2. The fraction of sp³-hybridized carbons (Fsp3) is 0.176. The lowest BCUT2D eigenvalue weighted by atomic mass is 10.2. The fourth-order valence-electron chi connectivity index (χ4n) is 2.40. The molecule has 0 bridgehead atoms. The Balaban J connectivity index is 2.01. The zero-order valence-electron chi connectivity index (χ0n) is 11.7. The topological polar surface area (TPSA) is 29.0 Å². The highest BCUT2D eigenvalue weighted by molar-refractivity contribution is 5.89. The van der Waals surface area contributed by atoms with Gasteiger partial charge < -0.3 is 4.90 Å². The molecule has 1 aromatic heterocycles. The summed E-state index contributed by atoms with van der Waals surface area (Å²) in [7, 11) is 2.07. The Morgan fingerprint density at radius 3 is 2.40 bits per heavy atom. The highest BCUT2D eigenvalue weighted by Crippen LogP contribution is 2.23. The molecule has 0 saturated carbocycles. The molecule has 0 N–H and O–H groups in total. The molecule has 0 aliphatic carbocycles. The van der Waals surface area contributed by atoms with Gasteiger partial charge in [0, 0.05) is 19.0 Å². The molecule has 100 valence electrons. The molecule has 0 amide bonds. The maximum atomic E-state index is 4.61. The molecule has 0 fully saturated rings. The van der Waals surface area contributed by atoms with Gasteiger partial charge in [-0.05, 0) is 24.6 Å². The minimum atomic E-state index is 0.804. The SMILES string of the molecule is Cc1nc(N(C)Cc2ccccc2)c2ccccc2n1. The van der Waals surface area contributed by atoms with Crippen LogP contribution in [0.2, 0.25) is 0 Å². The van der Waals surface area contributed by atoms with Gasteiger partial charge in [0.2, 0.25) is 0 Å². The highest BCUT2D eigenvalue weighted by Gasteiger charge is 2.10. The third kappa shape index (κ3) is 2.48. The summed E-state index contributed by atoms with van der Waals surface area (Å²) in [5.74, 6) is 1.79. The molecule has 0 aliphatic heterocycles. The monoisotopic (exact) mass is 263 g/mol. The fourth-order valence-corrected chi connectivity index (χ4v) is 2.40. The van der Waals surface area contributed by atoms with Crippen molar-refractivity contribution < 1.29 is 0 Å². The summed E-state index contributed by atoms with van der Waals surface area (Å²) in [5.41, 5.74) is 2.27. The molecule has 0 atom stereocenters. The van der Waals surface area contributed by atoms with Crippen molar-refractivity contribution in [3.8, 4) is 0 Å². The summed E-state index contributed by atoms with van der Waals surface area (Å²) in [6.45, 7) is 2.77. The number of hydrogen-bond acceptors (Lipinski definition) is 3. The van der Waals surface area contributed by atoms with Crippen LogP contribution in [-0.4, -0.2) is 17.0 Å². The molecular weight excluding hydrogens is 246 g/mol. The molecule has 0 aliphatic rings. The van der Waals surface area contributed by atoms with Crippen LogP contribution >= 0.6 is 0 Å². The van der Waals surface area contributed by atoms with Crippen molar-refractivity contribution in [3.63, 3.8) is 0 Å². The first-order valence-electron chi connectivity index (χ1n) is 6.72. The van der Waals surface area contributed by atoms with Gasteiger partial charge in [0.1, 0.15) is 11.6 Å². The van der Waals surface area contributed by atoms with Crippen molar-refractivity contribution in [3.05, 3.63) is 66.0 Å². The Kier molecular flexibility index (Phi) is 3.33. The first kappa shape index (κ1) is 12.6. The first-order chi connectivity index (χ1) is 9.74. The van der Waals surface area contributed by atoms with Crippen LogP contribution in [0.15, 0.2) is 54.6 Å². The van der Waals surface area contributed by atoms with Crippen molar-refractivity contribution in [1.82, 2.24) is 9.97 Å². The predicted molar refractivity (Wildman–Crippen MR) is 82.8 cm³/mol. The number of benzene rings is 2. The molecule has 1 heterocycles. The molecule has 0 unspecified atom stereocenters. The molecule has 2 aromatic carbocycles. The van der Waals surface area contributed by atoms with Crippen molar-refractivity contribution in [2.45, 2.75) is 13.5 Å². The van der Waals surface area contributed by atoms with Gasteiger partial charge in [-0.1, -0.05) is 42.5 Å². The molecular formula is C17H17N3. The van der Waals surface area contributed by atoms with Crippen LogP contribution in [0.5, 0.6) is 0 Å². The second kappa shape index (κ2) is 5.29. The van der Waals surface area contributed by atoms with E-state index in [4.69, 9.17) is 0 Å². The molecule has 0 saturated heterocycles. The van der Waals surface area contributed by atoms with Crippen LogP contribution in [0, 0.1) is 6.92 Å². The lowest BCUT2D eigenvalue weighted by molar-refractivity contribution is 0.891. The van der Waals surface area contributed by atoms with E-state index in [1.807, 2.05) is 31.2 Å². The van der Waals surface area contributed by atoms with E-state index >= 15 is 0 Å². The average molecular weight is 263 g/mol. The van der Waals surface area contributed by atoms with Crippen LogP contribution in [0.3, 0.4) is 0 Å². The second-order valence-electron chi connectivity index (χ2n) is 4.95. The van der Waals surface area contributed by atoms with E-state index in [0.29, 0.717) is 0 Å². The largest absolute Gasteiger partial charge is 0.355 e. The number of rotatable bonds is 3. The smallest absolute Gasteiger partial charge is 0.140 e. The van der Waals surface area contributed by atoms with Crippen LogP contribution in [0.25, 0.3) is 10.9 Å². The van der Waals surface area contributed by atoms with Gasteiger partial charge in [-0.15, -0.1) is 0 Å². The number of aryl methyl sites for hydroxylation is 1. The van der Waals surface area contributed by atoms with Gasteiger partial charge in [-0.3, -0.25) is 0 Å². The van der Waals surface area contributed by atoms with Gasteiger partial charge in [-0.25, -0.2) is 9.97 Å². The molecule has 0 spiro atoms. The molecule has 3 nitrogen and oxygen atoms in total. The standard InChI is InChI=1S/C17H17N3/c1-13-18-16-11-7-6-10-15(16)17(19-13)20(2)12-14-8-4-3-5-9-14/h3-11H,12H2,1-2H3. The van der Waals surface area contributed by atoms with E-state index in [1.54, 1.807) is 0 Å². The molecule has 0 radical (unpaired) electrons. The first-order valence-corrected chi connectivity index (χ1v) is 6.72. The van der Waals surface area contributed by atoms with Crippen LogP contribution in [-0.2, 0) is 6.54 Å². The van der Waals surface area contributed by atoms with E-state index < -0.39 is 0 Å². The van der Waals surface area contributed by atoms with Crippen molar-refractivity contribution in [1.29, 1.82) is 0 Å². The molecule has 3 aromatic rings. The Hall–Kier alpha value is -2.42. The van der Waals surface area contributed by atoms with Crippen LogP contribution in [0.1, 0.15) is 11.4 Å².